The summed E-state index contributed by atoms with van der Waals surface area (Å²) in [6.07, 6.45) is 0. The average molecular weight is 314 g/mol. The zero-order valence-corrected chi connectivity index (χ0v) is 15.1. The van der Waals surface area contributed by atoms with Crippen molar-refractivity contribution in [3.05, 3.63) is 96.1 Å². The molecule has 0 N–H and O–H groups in total. The molecule has 0 fully saturated rings. The first-order valence-corrected chi connectivity index (χ1v) is 8.64. The van der Waals surface area contributed by atoms with Gasteiger partial charge in [0.1, 0.15) is 0 Å². The largest absolute Gasteiger partial charge is 0.0683 e. The minimum atomic E-state index is 1.32. The Kier molecular flexibility index (Phi) is 6.57. The lowest BCUT2D eigenvalue weighted by Crippen LogP contribution is -1.75. The van der Waals surface area contributed by atoms with E-state index in [2.05, 4.69) is 98.8 Å². The van der Waals surface area contributed by atoms with Crippen LogP contribution in [0.15, 0.2) is 84.9 Å². The number of aryl methyl sites for hydroxylation is 2. The fourth-order valence-corrected chi connectivity index (χ4v) is 2.70. The van der Waals surface area contributed by atoms with Crippen LogP contribution in [0.4, 0.5) is 0 Å². The molecule has 0 aromatic heterocycles. The first-order valence-electron chi connectivity index (χ1n) is 8.64. The molecule has 0 unspecified atom stereocenters. The van der Waals surface area contributed by atoms with Gasteiger partial charge in [-0.15, -0.1) is 0 Å². The fourth-order valence-electron chi connectivity index (χ4n) is 2.70. The molecule has 4 rings (SSSR count). The van der Waals surface area contributed by atoms with Gasteiger partial charge in [0, 0.05) is 0 Å². The van der Waals surface area contributed by atoms with Gasteiger partial charge in [-0.2, -0.15) is 0 Å². The fraction of sp³-hybridized carbons (Fsp3) is 0.167. The van der Waals surface area contributed by atoms with Crippen LogP contribution >= 0.6 is 0 Å². The summed E-state index contributed by atoms with van der Waals surface area (Å²) in [5, 5.41) is 5.33. The van der Waals surface area contributed by atoms with E-state index >= 15 is 0 Å². The van der Waals surface area contributed by atoms with E-state index in [1.807, 2.05) is 13.8 Å². The van der Waals surface area contributed by atoms with Crippen molar-refractivity contribution < 1.29 is 0 Å². The number of hydrogen-bond acceptors (Lipinski definition) is 0. The lowest BCUT2D eigenvalue weighted by Gasteiger charge is -1.98. The summed E-state index contributed by atoms with van der Waals surface area (Å²) in [7, 11) is 0. The van der Waals surface area contributed by atoms with Crippen molar-refractivity contribution in [3.63, 3.8) is 0 Å². The molecule has 4 aromatic carbocycles. The van der Waals surface area contributed by atoms with Gasteiger partial charge in [-0.25, -0.2) is 0 Å². The number of hydrogen-bond donors (Lipinski definition) is 0. The van der Waals surface area contributed by atoms with Crippen LogP contribution in [0.1, 0.15) is 25.0 Å². The molecule has 122 valence electrons. The molecule has 4 aromatic rings. The molecule has 0 heteroatoms. The van der Waals surface area contributed by atoms with E-state index in [4.69, 9.17) is 0 Å². The Hall–Kier alpha value is -2.60. The Labute approximate surface area is 145 Å². The number of fused-ring (bicyclic) bond motifs is 2. The first-order chi connectivity index (χ1) is 11.7. The maximum Gasteiger partial charge on any atom is -0.0155 e. The van der Waals surface area contributed by atoms with Gasteiger partial charge in [0.15, 0.2) is 0 Å². The van der Waals surface area contributed by atoms with Gasteiger partial charge < -0.3 is 0 Å². The normalized spacial score (nSPS) is 9.67. The van der Waals surface area contributed by atoms with Gasteiger partial charge in [-0.3, -0.25) is 0 Å². The van der Waals surface area contributed by atoms with Crippen LogP contribution in [-0.4, -0.2) is 0 Å². The highest BCUT2D eigenvalue weighted by atomic mass is 14.0. The summed E-state index contributed by atoms with van der Waals surface area (Å²) >= 11 is 0. The van der Waals surface area contributed by atoms with Crippen LogP contribution in [0.2, 0.25) is 0 Å². The lowest BCUT2D eigenvalue weighted by molar-refractivity contribution is 1.50. The van der Waals surface area contributed by atoms with Gasteiger partial charge in [0.2, 0.25) is 0 Å². The monoisotopic (exact) mass is 314 g/mol. The third-order valence-corrected chi connectivity index (χ3v) is 3.91. The molecule has 0 radical (unpaired) electrons. The topological polar surface area (TPSA) is 0 Å². The van der Waals surface area contributed by atoms with Crippen molar-refractivity contribution >= 4 is 21.5 Å². The predicted octanol–water partition coefficient (Wildman–Crippen LogP) is 7.32. The van der Waals surface area contributed by atoms with Crippen molar-refractivity contribution in [1.29, 1.82) is 0 Å². The van der Waals surface area contributed by atoms with E-state index in [-0.39, 0.29) is 0 Å². The van der Waals surface area contributed by atoms with Crippen LogP contribution in [0.3, 0.4) is 0 Å². The molecule has 0 aliphatic rings. The smallest absolute Gasteiger partial charge is 0.0155 e. The highest BCUT2D eigenvalue weighted by molar-refractivity contribution is 5.85. The quantitative estimate of drug-likeness (QED) is 0.319. The van der Waals surface area contributed by atoms with Crippen molar-refractivity contribution in [2.24, 2.45) is 0 Å². The minimum absolute atomic E-state index is 1.32. The number of rotatable bonds is 0. The van der Waals surface area contributed by atoms with E-state index in [9.17, 15) is 0 Å². The van der Waals surface area contributed by atoms with E-state index in [0.717, 1.165) is 0 Å². The van der Waals surface area contributed by atoms with Crippen molar-refractivity contribution in [3.8, 4) is 0 Å². The molecule has 0 saturated carbocycles. The summed E-state index contributed by atoms with van der Waals surface area (Å²) in [5.41, 5.74) is 2.67. The maximum absolute atomic E-state index is 2.20. The average Bonchev–Trinajstić information content (AvgIpc) is 2.64. The van der Waals surface area contributed by atoms with Crippen molar-refractivity contribution in [2.45, 2.75) is 27.7 Å². The summed E-state index contributed by atoms with van der Waals surface area (Å²) < 4.78 is 0. The molecule has 0 nitrogen and oxygen atoms in total. The van der Waals surface area contributed by atoms with Gasteiger partial charge in [0.05, 0.1) is 0 Å². The highest BCUT2D eigenvalue weighted by Crippen LogP contribution is 2.16. The van der Waals surface area contributed by atoms with Crippen LogP contribution in [0.25, 0.3) is 21.5 Å². The zero-order valence-electron chi connectivity index (χ0n) is 15.1. The Morgan fingerprint density at radius 1 is 0.500 bits per heavy atom. The lowest BCUT2D eigenvalue weighted by atomic mass is 10.1. The summed E-state index contributed by atoms with van der Waals surface area (Å²) in [6.45, 7) is 8.26. The second-order valence-corrected chi connectivity index (χ2v) is 5.65. The summed E-state index contributed by atoms with van der Waals surface area (Å²) in [5.74, 6) is 0. The zero-order chi connectivity index (χ0) is 17.4. The van der Waals surface area contributed by atoms with Gasteiger partial charge >= 0.3 is 0 Å². The molecule has 0 bridgehead atoms. The highest BCUT2D eigenvalue weighted by Gasteiger charge is 1.92. The molecular formula is C24H26. The van der Waals surface area contributed by atoms with E-state index in [1.54, 1.807) is 0 Å². The second kappa shape index (κ2) is 8.88. The second-order valence-electron chi connectivity index (χ2n) is 5.65. The third kappa shape index (κ3) is 4.45. The molecule has 24 heavy (non-hydrogen) atoms. The van der Waals surface area contributed by atoms with Crippen LogP contribution in [0.5, 0.6) is 0 Å². The van der Waals surface area contributed by atoms with Crippen molar-refractivity contribution in [2.75, 3.05) is 0 Å². The number of benzene rings is 4. The molecule has 0 aliphatic carbocycles. The van der Waals surface area contributed by atoms with Gasteiger partial charge in [0.25, 0.3) is 0 Å². The minimum Gasteiger partial charge on any atom is -0.0683 e. The van der Waals surface area contributed by atoms with E-state index in [0.29, 0.717) is 0 Å². The third-order valence-electron chi connectivity index (χ3n) is 3.91. The SMILES string of the molecule is CC.Cc1ccc2ccccc2c1.Cc1cccc2ccccc12. The van der Waals surface area contributed by atoms with Crippen LogP contribution < -0.4 is 0 Å². The summed E-state index contributed by atoms with van der Waals surface area (Å²) in [6, 6.07) is 29.7. The molecule has 0 atom stereocenters. The Morgan fingerprint density at radius 3 is 1.79 bits per heavy atom. The Morgan fingerprint density at radius 2 is 1.08 bits per heavy atom. The van der Waals surface area contributed by atoms with E-state index < -0.39 is 0 Å². The molecule has 0 amide bonds. The van der Waals surface area contributed by atoms with Gasteiger partial charge in [-0.1, -0.05) is 104 Å². The van der Waals surface area contributed by atoms with E-state index in [1.165, 1.54) is 32.7 Å². The maximum atomic E-state index is 2.20. The molecular weight excluding hydrogens is 288 g/mol. The molecule has 0 saturated heterocycles. The summed E-state index contributed by atoms with van der Waals surface area (Å²) in [4.78, 5) is 0. The van der Waals surface area contributed by atoms with Crippen LogP contribution in [-0.2, 0) is 0 Å². The molecule has 0 heterocycles. The van der Waals surface area contributed by atoms with Crippen molar-refractivity contribution in [1.82, 2.24) is 0 Å². The first kappa shape index (κ1) is 17.7. The molecule has 0 aliphatic heterocycles. The van der Waals surface area contributed by atoms with Crippen LogP contribution in [0, 0.1) is 13.8 Å². The predicted molar refractivity (Wildman–Crippen MR) is 109 cm³/mol. The molecule has 0 spiro atoms. The Balaban J connectivity index is 0.000000158. The van der Waals surface area contributed by atoms with Gasteiger partial charge in [-0.05, 0) is 41.0 Å². The standard InChI is InChI=1S/2C11H10.C2H6/c1-9-5-4-7-10-6-2-3-8-11(9)10;1-9-6-7-10-4-2-3-5-11(10)8-9;1-2/h2*2-8H,1H3;1-2H3. The Bertz CT molecular complexity index is 892.